The van der Waals surface area contributed by atoms with E-state index in [4.69, 9.17) is 4.74 Å². The number of likely N-dealkylation sites (N-methyl/N-ethyl adjacent to an activating group) is 1. The number of thiophene rings is 1. The van der Waals surface area contributed by atoms with Crippen LogP contribution in [0.5, 0.6) is 5.75 Å². The fraction of sp³-hybridized carbons (Fsp3) is 0.217. The molecule has 5 rings (SSSR count). The maximum Gasteiger partial charge on any atom is 0.140 e. The summed E-state index contributed by atoms with van der Waals surface area (Å²) in [5.41, 5.74) is 6.21. The lowest BCUT2D eigenvalue weighted by atomic mass is 9.83. The summed E-state index contributed by atoms with van der Waals surface area (Å²) in [5.74, 6) is 1.30. The van der Waals surface area contributed by atoms with E-state index in [1.165, 1.54) is 26.8 Å². The van der Waals surface area contributed by atoms with Gasteiger partial charge in [-0.1, -0.05) is 24.3 Å². The highest BCUT2D eigenvalue weighted by Crippen LogP contribution is 2.43. The van der Waals surface area contributed by atoms with Crippen LogP contribution in [0.2, 0.25) is 0 Å². The van der Waals surface area contributed by atoms with Gasteiger partial charge in [-0.3, -0.25) is 0 Å². The van der Waals surface area contributed by atoms with Crippen molar-refractivity contribution in [2.24, 2.45) is 0 Å². The monoisotopic (exact) mass is 387 g/mol. The maximum atomic E-state index is 5.89. The van der Waals surface area contributed by atoms with Gasteiger partial charge in [-0.25, -0.2) is 9.97 Å². The van der Waals surface area contributed by atoms with Crippen LogP contribution in [-0.4, -0.2) is 35.6 Å². The van der Waals surface area contributed by atoms with E-state index in [1.54, 1.807) is 24.8 Å². The second-order valence-electron chi connectivity index (χ2n) is 7.32. The number of hydrogen-bond donors (Lipinski definition) is 0. The Morgan fingerprint density at radius 2 is 1.86 bits per heavy atom. The summed E-state index contributed by atoms with van der Waals surface area (Å²) in [6.07, 6.45) is 5.30. The minimum absolute atomic E-state index is 0.288. The molecule has 140 valence electrons. The summed E-state index contributed by atoms with van der Waals surface area (Å²) >= 11 is 1.75. The Morgan fingerprint density at radius 3 is 2.68 bits per heavy atom. The Kier molecular flexibility index (Phi) is 4.34. The minimum atomic E-state index is 0.288. The minimum Gasteiger partial charge on any atom is -0.495 e. The summed E-state index contributed by atoms with van der Waals surface area (Å²) in [5, 5.41) is 3.38. The van der Waals surface area contributed by atoms with Crippen molar-refractivity contribution in [2.75, 3.05) is 20.7 Å². The van der Waals surface area contributed by atoms with E-state index >= 15 is 0 Å². The van der Waals surface area contributed by atoms with Gasteiger partial charge in [0.2, 0.25) is 0 Å². The van der Waals surface area contributed by atoms with E-state index in [9.17, 15) is 0 Å². The van der Waals surface area contributed by atoms with E-state index in [0.29, 0.717) is 0 Å². The number of fused-ring (bicyclic) bond motifs is 2. The Bertz CT molecular complexity index is 1140. The predicted molar refractivity (Wildman–Crippen MR) is 114 cm³/mol. The molecule has 3 heterocycles. The first-order valence-corrected chi connectivity index (χ1v) is 10.2. The second-order valence-corrected chi connectivity index (χ2v) is 8.23. The van der Waals surface area contributed by atoms with Crippen molar-refractivity contribution in [1.82, 2.24) is 14.9 Å². The van der Waals surface area contributed by atoms with Crippen LogP contribution < -0.4 is 4.74 Å². The summed E-state index contributed by atoms with van der Waals surface area (Å²) in [6.45, 7) is 1.92. The Hall–Kier alpha value is -2.76. The summed E-state index contributed by atoms with van der Waals surface area (Å²) in [6, 6.07) is 13.3. The molecule has 1 atom stereocenters. The Morgan fingerprint density at radius 1 is 1.04 bits per heavy atom. The van der Waals surface area contributed by atoms with Crippen LogP contribution in [-0.2, 0) is 6.54 Å². The van der Waals surface area contributed by atoms with Gasteiger partial charge in [-0.2, -0.15) is 0 Å². The van der Waals surface area contributed by atoms with Gasteiger partial charge in [0.1, 0.15) is 12.1 Å². The number of methoxy groups -OCH3 is 1. The van der Waals surface area contributed by atoms with Gasteiger partial charge >= 0.3 is 0 Å². The summed E-state index contributed by atoms with van der Waals surface area (Å²) in [4.78, 5) is 10.7. The molecular weight excluding hydrogens is 366 g/mol. The van der Waals surface area contributed by atoms with Crippen molar-refractivity contribution < 1.29 is 4.74 Å². The normalized spacial score (nSPS) is 16.9. The molecule has 0 bridgehead atoms. The zero-order chi connectivity index (χ0) is 19.1. The third kappa shape index (κ3) is 2.87. The molecule has 4 nitrogen and oxygen atoms in total. The van der Waals surface area contributed by atoms with Gasteiger partial charge in [0, 0.05) is 42.5 Å². The fourth-order valence-electron chi connectivity index (χ4n) is 4.25. The van der Waals surface area contributed by atoms with Gasteiger partial charge in [0.15, 0.2) is 0 Å². The van der Waals surface area contributed by atoms with Crippen LogP contribution >= 0.6 is 11.3 Å². The molecule has 0 N–H and O–H groups in total. The van der Waals surface area contributed by atoms with E-state index < -0.39 is 0 Å². The molecule has 0 amide bonds. The largest absolute Gasteiger partial charge is 0.495 e. The van der Waals surface area contributed by atoms with Crippen LogP contribution in [0, 0.1) is 0 Å². The molecule has 1 aliphatic rings. The van der Waals surface area contributed by atoms with Crippen LogP contribution in [0.25, 0.3) is 21.2 Å². The molecule has 1 aliphatic heterocycles. The van der Waals surface area contributed by atoms with Gasteiger partial charge in [-0.05, 0) is 46.6 Å². The highest BCUT2D eigenvalue weighted by atomic mass is 32.1. The van der Waals surface area contributed by atoms with Crippen molar-refractivity contribution >= 4 is 21.4 Å². The third-order valence-corrected chi connectivity index (χ3v) is 6.46. The number of ether oxygens (including phenoxy) is 1. The molecule has 0 saturated carbocycles. The third-order valence-electron chi connectivity index (χ3n) is 5.53. The topological polar surface area (TPSA) is 38.2 Å². The van der Waals surface area contributed by atoms with Gasteiger partial charge < -0.3 is 9.64 Å². The molecule has 0 spiro atoms. The maximum absolute atomic E-state index is 5.89. The van der Waals surface area contributed by atoms with Crippen molar-refractivity contribution in [2.45, 2.75) is 12.5 Å². The molecule has 2 aromatic carbocycles. The lowest BCUT2D eigenvalue weighted by Crippen LogP contribution is -2.31. The average molecular weight is 388 g/mol. The molecule has 2 aromatic heterocycles. The molecule has 0 saturated heterocycles. The molecule has 1 unspecified atom stereocenters. The smallest absolute Gasteiger partial charge is 0.140 e. The number of nitrogens with zero attached hydrogens (tertiary/aromatic N) is 3. The predicted octanol–water partition coefficient (Wildman–Crippen LogP) is 4.94. The van der Waals surface area contributed by atoms with Crippen molar-refractivity contribution in [3.63, 3.8) is 0 Å². The first-order valence-electron chi connectivity index (χ1n) is 9.35. The first-order chi connectivity index (χ1) is 13.7. The first kappa shape index (κ1) is 17.3. The van der Waals surface area contributed by atoms with Crippen LogP contribution in [0.3, 0.4) is 0 Å². The lowest BCUT2D eigenvalue weighted by molar-refractivity contribution is 0.292. The number of hydrogen-bond acceptors (Lipinski definition) is 5. The molecule has 28 heavy (non-hydrogen) atoms. The zero-order valence-electron chi connectivity index (χ0n) is 15.9. The van der Waals surface area contributed by atoms with Gasteiger partial charge in [-0.15, -0.1) is 11.3 Å². The van der Waals surface area contributed by atoms with E-state index in [-0.39, 0.29) is 5.92 Å². The van der Waals surface area contributed by atoms with Crippen LogP contribution in [0.4, 0.5) is 0 Å². The lowest BCUT2D eigenvalue weighted by Gasteiger charge is -2.33. The molecule has 0 fully saturated rings. The molecular formula is C23H21N3OS. The number of rotatable bonds is 3. The van der Waals surface area contributed by atoms with Crippen molar-refractivity contribution in [3.05, 3.63) is 77.2 Å². The SMILES string of the molecule is COc1c(C2CN(C)Cc3cc(-c4cncnc4)ccc32)ccc2ccsc12. The average Bonchev–Trinajstić information content (AvgIpc) is 3.21. The highest BCUT2D eigenvalue weighted by Gasteiger charge is 2.28. The summed E-state index contributed by atoms with van der Waals surface area (Å²) in [7, 11) is 3.97. The van der Waals surface area contributed by atoms with E-state index in [2.05, 4.69) is 63.7 Å². The molecule has 0 aliphatic carbocycles. The molecule has 5 heteroatoms. The zero-order valence-corrected chi connectivity index (χ0v) is 16.7. The second kappa shape index (κ2) is 7.00. The Balaban J connectivity index is 1.64. The highest BCUT2D eigenvalue weighted by molar-refractivity contribution is 7.17. The standard InChI is InChI=1S/C23H21N3OS/c1-26-12-17-9-16(18-10-24-14-25-11-18)4-5-19(17)21(13-26)20-6-3-15-7-8-28-23(15)22(20)27-2/h3-11,14,21H,12-13H2,1-2H3. The summed E-state index contributed by atoms with van der Waals surface area (Å²) < 4.78 is 7.12. The Labute approximate surface area is 168 Å². The molecule has 0 radical (unpaired) electrons. The quantitative estimate of drug-likeness (QED) is 0.499. The van der Waals surface area contributed by atoms with Crippen LogP contribution in [0.1, 0.15) is 22.6 Å². The number of benzene rings is 2. The van der Waals surface area contributed by atoms with E-state index in [1.807, 2.05) is 12.4 Å². The number of aromatic nitrogens is 2. The molecule has 4 aromatic rings. The van der Waals surface area contributed by atoms with Crippen molar-refractivity contribution in [1.29, 1.82) is 0 Å². The van der Waals surface area contributed by atoms with Crippen molar-refractivity contribution in [3.8, 4) is 16.9 Å². The fourth-order valence-corrected chi connectivity index (χ4v) is 5.18. The van der Waals surface area contributed by atoms with Gasteiger partial charge in [0.05, 0.1) is 11.8 Å². The van der Waals surface area contributed by atoms with E-state index in [0.717, 1.165) is 30.0 Å². The van der Waals surface area contributed by atoms with Crippen LogP contribution in [0.15, 0.2) is 60.5 Å². The van der Waals surface area contributed by atoms with Gasteiger partial charge in [0.25, 0.3) is 0 Å².